The van der Waals surface area contributed by atoms with Gasteiger partial charge in [0.2, 0.25) is 0 Å². The largest absolute Gasteiger partial charge is 0.508 e. The van der Waals surface area contributed by atoms with Crippen LogP contribution >= 0.6 is 0 Å². The van der Waals surface area contributed by atoms with Crippen molar-refractivity contribution in [3.63, 3.8) is 0 Å². The van der Waals surface area contributed by atoms with Crippen molar-refractivity contribution in [3.05, 3.63) is 23.8 Å². The third kappa shape index (κ3) is 2.38. The molecule has 1 aromatic rings. The predicted octanol–water partition coefficient (Wildman–Crippen LogP) is 2.84. The van der Waals surface area contributed by atoms with Gasteiger partial charge in [-0.3, -0.25) is 5.32 Å². The molecular weight excluding hydrogens is 247 g/mol. The van der Waals surface area contributed by atoms with Gasteiger partial charge in [-0.1, -0.05) is 0 Å². The number of phenols is 2. The van der Waals surface area contributed by atoms with Crippen LogP contribution in [0.2, 0.25) is 0 Å². The molecule has 1 aliphatic carbocycles. The van der Waals surface area contributed by atoms with E-state index in [1.165, 1.54) is 12.1 Å². The second kappa shape index (κ2) is 4.05. The molecular formula is C12H14F3NO2. The lowest BCUT2D eigenvalue weighted by molar-refractivity contribution is -0.167. The van der Waals surface area contributed by atoms with Crippen molar-refractivity contribution in [2.24, 2.45) is 0 Å². The predicted molar refractivity (Wildman–Crippen MR) is 59.3 cm³/mol. The summed E-state index contributed by atoms with van der Waals surface area (Å²) in [5, 5.41) is 21.1. The summed E-state index contributed by atoms with van der Waals surface area (Å²) in [6, 6.07) is 3.20. The average molecular weight is 261 g/mol. The number of rotatable bonds is 3. The Morgan fingerprint density at radius 1 is 1.17 bits per heavy atom. The van der Waals surface area contributed by atoms with Crippen LogP contribution in [0.3, 0.4) is 0 Å². The Morgan fingerprint density at radius 3 is 2.06 bits per heavy atom. The second-order valence-corrected chi connectivity index (χ2v) is 4.73. The van der Waals surface area contributed by atoms with Gasteiger partial charge in [-0.05, 0) is 37.5 Å². The first kappa shape index (κ1) is 13.0. The van der Waals surface area contributed by atoms with Gasteiger partial charge >= 0.3 is 6.18 Å². The average Bonchev–Trinajstić information content (AvgIpc) is 2.96. The number of halogens is 3. The van der Waals surface area contributed by atoms with E-state index in [4.69, 9.17) is 0 Å². The Kier molecular flexibility index (Phi) is 2.93. The maximum absolute atomic E-state index is 12.8. The van der Waals surface area contributed by atoms with E-state index < -0.39 is 17.8 Å². The van der Waals surface area contributed by atoms with Crippen LogP contribution in [0.5, 0.6) is 11.5 Å². The quantitative estimate of drug-likeness (QED) is 0.784. The van der Waals surface area contributed by atoms with Crippen LogP contribution in [-0.2, 0) is 0 Å². The summed E-state index contributed by atoms with van der Waals surface area (Å²) >= 11 is 0. The first-order valence-electron chi connectivity index (χ1n) is 5.61. The lowest BCUT2D eigenvalue weighted by Crippen LogP contribution is -2.45. The van der Waals surface area contributed by atoms with Crippen LogP contribution in [0.25, 0.3) is 0 Å². The zero-order valence-electron chi connectivity index (χ0n) is 9.75. The van der Waals surface area contributed by atoms with Crippen LogP contribution in [0, 0.1) is 0 Å². The van der Waals surface area contributed by atoms with Gasteiger partial charge in [0.25, 0.3) is 0 Å². The molecule has 0 heterocycles. The van der Waals surface area contributed by atoms with E-state index in [0.717, 1.165) is 6.07 Å². The van der Waals surface area contributed by atoms with Gasteiger partial charge in [-0.15, -0.1) is 0 Å². The molecule has 18 heavy (non-hydrogen) atoms. The molecule has 1 aromatic carbocycles. The summed E-state index contributed by atoms with van der Waals surface area (Å²) in [4.78, 5) is 0. The van der Waals surface area contributed by atoms with E-state index in [-0.39, 0.29) is 24.3 Å². The topological polar surface area (TPSA) is 52.5 Å². The maximum Gasteiger partial charge on any atom is 0.406 e. The fourth-order valence-electron chi connectivity index (χ4n) is 2.00. The minimum absolute atomic E-state index is 0.0611. The van der Waals surface area contributed by atoms with Gasteiger partial charge in [0.1, 0.15) is 17.0 Å². The molecule has 1 unspecified atom stereocenters. The monoisotopic (exact) mass is 261 g/mol. The number of alkyl halides is 3. The third-order valence-electron chi connectivity index (χ3n) is 3.21. The van der Waals surface area contributed by atoms with Crippen molar-refractivity contribution in [1.82, 2.24) is 5.32 Å². The summed E-state index contributed by atoms with van der Waals surface area (Å²) in [7, 11) is 0. The van der Waals surface area contributed by atoms with Crippen LogP contribution < -0.4 is 5.32 Å². The lowest BCUT2D eigenvalue weighted by atomic mass is 10.1. The summed E-state index contributed by atoms with van der Waals surface area (Å²) in [5.74, 6) is -0.342. The number of hydrogen-bond donors (Lipinski definition) is 3. The Labute approximate surface area is 102 Å². The van der Waals surface area contributed by atoms with Crippen LogP contribution in [0.15, 0.2) is 18.2 Å². The molecule has 0 spiro atoms. The normalized spacial score (nSPS) is 19.6. The smallest absolute Gasteiger partial charge is 0.406 e. The van der Waals surface area contributed by atoms with Crippen molar-refractivity contribution in [1.29, 1.82) is 0 Å². The molecule has 1 aliphatic rings. The van der Waals surface area contributed by atoms with Crippen LogP contribution in [0.4, 0.5) is 13.2 Å². The molecule has 0 aromatic heterocycles. The molecule has 1 atom stereocenters. The van der Waals surface area contributed by atoms with E-state index >= 15 is 0 Å². The molecule has 6 heteroatoms. The standard InChI is InChI=1S/C12H14F3NO2/c1-7(8-4-9(17)6-10(18)5-8)16-11(2-3-11)12(13,14)15/h4-7,16-18H,2-3H2,1H3. The third-order valence-corrected chi connectivity index (χ3v) is 3.21. The van der Waals surface area contributed by atoms with Crippen LogP contribution in [0.1, 0.15) is 31.4 Å². The number of phenolic OH excluding ortho intramolecular Hbond substituents is 2. The Balaban J connectivity index is 2.15. The SMILES string of the molecule is CC(NC1(C(F)(F)F)CC1)c1cc(O)cc(O)c1. The summed E-state index contributed by atoms with van der Waals surface area (Å²) in [5.41, 5.74) is -1.39. The number of nitrogens with one attached hydrogen (secondary N) is 1. The van der Waals surface area contributed by atoms with Crippen molar-refractivity contribution >= 4 is 0 Å². The molecule has 3 N–H and O–H groups in total. The van der Waals surface area contributed by atoms with E-state index in [1.807, 2.05) is 0 Å². The summed E-state index contributed by atoms with van der Waals surface area (Å²) in [6.07, 6.45) is -4.16. The van der Waals surface area contributed by atoms with Gasteiger partial charge in [0, 0.05) is 12.1 Å². The van der Waals surface area contributed by atoms with Crippen molar-refractivity contribution in [2.45, 2.75) is 37.5 Å². The minimum atomic E-state index is -4.28. The van der Waals surface area contributed by atoms with E-state index in [1.54, 1.807) is 6.92 Å². The highest BCUT2D eigenvalue weighted by Crippen LogP contribution is 2.50. The van der Waals surface area contributed by atoms with Gasteiger partial charge in [0.05, 0.1) is 0 Å². The van der Waals surface area contributed by atoms with Gasteiger partial charge in [0.15, 0.2) is 0 Å². The Morgan fingerprint density at radius 2 is 1.67 bits per heavy atom. The molecule has 0 amide bonds. The van der Waals surface area contributed by atoms with E-state index in [0.29, 0.717) is 5.56 Å². The molecule has 0 radical (unpaired) electrons. The van der Waals surface area contributed by atoms with Gasteiger partial charge in [-0.2, -0.15) is 13.2 Å². The molecule has 0 saturated heterocycles. The van der Waals surface area contributed by atoms with Gasteiger partial charge in [-0.25, -0.2) is 0 Å². The van der Waals surface area contributed by atoms with Crippen LogP contribution in [-0.4, -0.2) is 21.9 Å². The van der Waals surface area contributed by atoms with Crippen molar-refractivity contribution in [2.75, 3.05) is 0 Å². The molecule has 3 nitrogen and oxygen atoms in total. The first-order chi connectivity index (χ1) is 8.23. The molecule has 2 rings (SSSR count). The van der Waals surface area contributed by atoms with Crippen molar-refractivity contribution in [3.8, 4) is 11.5 Å². The van der Waals surface area contributed by atoms with E-state index in [2.05, 4.69) is 5.32 Å². The zero-order valence-corrected chi connectivity index (χ0v) is 9.75. The Hall–Kier alpha value is -1.43. The molecule has 100 valence electrons. The zero-order chi connectivity index (χ0) is 13.6. The fourth-order valence-corrected chi connectivity index (χ4v) is 2.00. The van der Waals surface area contributed by atoms with Gasteiger partial charge < -0.3 is 10.2 Å². The van der Waals surface area contributed by atoms with E-state index in [9.17, 15) is 23.4 Å². The number of benzene rings is 1. The lowest BCUT2D eigenvalue weighted by Gasteiger charge is -2.25. The Bertz CT molecular complexity index is 435. The molecule has 0 bridgehead atoms. The molecule has 0 aliphatic heterocycles. The highest BCUT2D eigenvalue weighted by molar-refractivity contribution is 5.38. The number of hydrogen-bond acceptors (Lipinski definition) is 3. The highest BCUT2D eigenvalue weighted by Gasteiger charge is 2.63. The second-order valence-electron chi connectivity index (χ2n) is 4.73. The minimum Gasteiger partial charge on any atom is -0.508 e. The van der Waals surface area contributed by atoms with Crippen molar-refractivity contribution < 1.29 is 23.4 Å². The summed E-state index contributed by atoms with van der Waals surface area (Å²) in [6.45, 7) is 1.57. The first-order valence-corrected chi connectivity index (χ1v) is 5.61. The number of aromatic hydroxyl groups is 2. The molecule has 1 fully saturated rings. The highest BCUT2D eigenvalue weighted by atomic mass is 19.4. The molecule has 1 saturated carbocycles. The maximum atomic E-state index is 12.8. The summed E-state index contributed by atoms with van der Waals surface area (Å²) < 4.78 is 38.3. The fraction of sp³-hybridized carbons (Fsp3) is 0.500.